The number of hydrogen-bond acceptors (Lipinski definition) is 1. The maximum absolute atomic E-state index is 12.7. The number of alkyl halides is 1. The second kappa shape index (κ2) is 5.52. The van der Waals surface area contributed by atoms with Crippen molar-refractivity contribution in [3.63, 3.8) is 0 Å². The fourth-order valence-corrected chi connectivity index (χ4v) is 1.75. The zero-order chi connectivity index (χ0) is 9.72. The van der Waals surface area contributed by atoms with Gasteiger partial charge in [0.25, 0.3) is 0 Å². The van der Waals surface area contributed by atoms with E-state index in [9.17, 15) is 4.39 Å². The molecule has 0 N–H and O–H groups in total. The number of halogens is 1. The fraction of sp³-hybridized carbons (Fsp3) is 1.00. The van der Waals surface area contributed by atoms with Crippen molar-refractivity contribution in [2.45, 2.75) is 46.3 Å². The summed E-state index contributed by atoms with van der Waals surface area (Å²) in [5, 5.41) is 0. The van der Waals surface area contributed by atoms with Crippen molar-refractivity contribution in [1.82, 2.24) is 4.90 Å². The van der Waals surface area contributed by atoms with Crippen LogP contribution in [-0.2, 0) is 0 Å². The monoisotopic (exact) mass is 175 g/mol. The molecular formula is C10H22FN. The smallest absolute Gasteiger partial charge is 0.114 e. The molecule has 1 unspecified atom stereocenters. The molecule has 0 aliphatic carbocycles. The van der Waals surface area contributed by atoms with E-state index in [0.29, 0.717) is 18.5 Å². The molecule has 74 valence electrons. The Kier molecular flexibility index (Phi) is 5.47. The predicted molar refractivity (Wildman–Crippen MR) is 52.1 cm³/mol. The molecule has 1 nitrogen and oxygen atoms in total. The van der Waals surface area contributed by atoms with Gasteiger partial charge in [-0.15, -0.1) is 0 Å². The third-order valence-electron chi connectivity index (χ3n) is 2.32. The Morgan fingerprint density at radius 2 is 1.83 bits per heavy atom. The lowest BCUT2D eigenvalue weighted by Gasteiger charge is -2.22. The molecule has 0 aromatic heterocycles. The van der Waals surface area contributed by atoms with Crippen LogP contribution in [0.25, 0.3) is 0 Å². The molecule has 1 fully saturated rings. The molecule has 0 amide bonds. The van der Waals surface area contributed by atoms with Gasteiger partial charge < -0.3 is 4.90 Å². The Labute approximate surface area is 75.9 Å². The zero-order valence-electron chi connectivity index (χ0n) is 8.97. The molecular weight excluding hydrogens is 153 g/mol. The molecule has 12 heavy (non-hydrogen) atoms. The van der Waals surface area contributed by atoms with E-state index in [1.165, 1.54) is 0 Å². The minimum atomic E-state index is -0.586. The molecule has 2 heteroatoms. The van der Waals surface area contributed by atoms with Gasteiger partial charge in [-0.2, -0.15) is 0 Å². The van der Waals surface area contributed by atoms with Gasteiger partial charge in [0.1, 0.15) is 6.17 Å². The third kappa shape index (κ3) is 3.10. The van der Waals surface area contributed by atoms with E-state index in [0.717, 1.165) is 6.42 Å². The molecule has 1 heterocycles. The second-order valence-corrected chi connectivity index (χ2v) is 3.58. The lowest BCUT2D eigenvalue weighted by molar-refractivity contribution is 0.248. The van der Waals surface area contributed by atoms with Gasteiger partial charge in [-0.25, -0.2) is 4.39 Å². The topological polar surface area (TPSA) is 3.24 Å². The standard InChI is InChI=1S/C8H16FN.C2H6/c1-6(2)8-4-7(9)5-10(8)3;1-2/h6-8H,4-5H2,1-3H3;1-2H3/t7?,8-;/m1./s1. The molecule has 1 aliphatic rings. The number of rotatable bonds is 1. The van der Waals surface area contributed by atoms with Gasteiger partial charge in [-0.1, -0.05) is 27.7 Å². The summed E-state index contributed by atoms with van der Waals surface area (Å²) in [5.41, 5.74) is 0. The van der Waals surface area contributed by atoms with Crippen LogP contribution in [0.2, 0.25) is 0 Å². The summed E-state index contributed by atoms with van der Waals surface area (Å²) in [4.78, 5) is 2.12. The van der Waals surface area contributed by atoms with E-state index in [1.807, 2.05) is 20.9 Å². The molecule has 1 rings (SSSR count). The van der Waals surface area contributed by atoms with Crippen LogP contribution in [0, 0.1) is 5.92 Å². The summed E-state index contributed by atoms with van der Waals surface area (Å²) >= 11 is 0. The summed E-state index contributed by atoms with van der Waals surface area (Å²) in [7, 11) is 2.00. The molecule has 0 saturated carbocycles. The van der Waals surface area contributed by atoms with Crippen molar-refractivity contribution < 1.29 is 4.39 Å². The van der Waals surface area contributed by atoms with E-state index < -0.39 is 6.17 Å². The third-order valence-corrected chi connectivity index (χ3v) is 2.32. The van der Waals surface area contributed by atoms with E-state index >= 15 is 0 Å². The normalized spacial score (nSPS) is 30.2. The van der Waals surface area contributed by atoms with E-state index in [4.69, 9.17) is 0 Å². The van der Waals surface area contributed by atoms with E-state index in [2.05, 4.69) is 18.7 Å². The maximum Gasteiger partial charge on any atom is 0.114 e. The van der Waals surface area contributed by atoms with Crippen molar-refractivity contribution in [2.75, 3.05) is 13.6 Å². The Hall–Kier alpha value is -0.110. The lowest BCUT2D eigenvalue weighted by atomic mass is 10.0. The maximum atomic E-state index is 12.7. The lowest BCUT2D eigenvalue weighted by Crippen LogP contribution is -2.29. The van der Waals surface area contributed by atoms with Gasteiger partial charge in [0.15, 0.2) is 0 Å². The fourth-order valence-electron chi connectivity index (χ4n) is 1.75. The first-order chi connectivity index (χ1) is 5.61. The summed E-state index contributed by atoms with van der Waals surface area (Å²) in [6, 6.07) is 0.468. The number of likely N-dealkylation sites (tertiary alicyclic amines) is 1. The first kappa shape index (κ1) is 11.9. The van der Waals surface area contributed by atoms with Crippen LogP contribution in [0.1, 0.15) is 34.1 Å². The van der Waals surface area contributed by atoms with Gasteiger partial charge >= 0.3 is 0 Å². The van der Waals surface area contributed by atoms with Crippen LogP contribution in [0.4, 0.5) is 4.39 Å². The summed E-state index contributed by atoms with van der Waals surface area (Å²) in [5.74, 6) is 0.589. The number of hydrogen-bond donors (Lipinski definition) is 0. The molecule has 0 spiro atoms. The summed E-state index contributed by atoms with van der Waals surface area (Å²) < 4.78 is 12.7. The Morgan fingerprint density at radius 3 is 2.00 bits per heavy atom. The zero-order valence-corrected chi connectivity index (χ0v) is 8.97. The minimum absolute atomic E-state index is 0.468. The highest BCUT2D eigenvalue weighted by Crippen LogP contribution is 2.23. The van der Waals surface area contributed by atoms with E-state index in [1.54, 1.807) is 0 Å². The molecule has 1 aliphatic heterocycles. The van der Waals surface area contributed by atoms with Crippen LogP contribution < -0.4 is 0 Å². The first-order valence-electron chi connectivity index (χ1n) is 4.95. The molecule has 1 saturated heterocycles. The van der Waals surface area contributed by atoms with Crippen molar-refractivity contribution in [1.29, 1.82) is 0 Å². The minimum Gasteiger partial charge on any atom is -0.300 e. The average Bonchev–Trinajstić information content (AvgIpc) is 2.34. The van der Waals surface area contributed by atoms with Gasteiger partial charge in [-0.05, 0) is 19.4 Å². The SMILES string of the molecule is CC.CC(C)[C@H]1CC(F)CN1C. The van der Waals surface area contributed by atoms with Crippen LogP contribution in [-0.4, -0.2) is 30.7 Å². The summed E-state index contributed by atoms with van der Waals surface area (Å²) in [6.45, 7) is 8.93. The van der Waals surface area contributed by atoms with Crippen molar-refractivity contribution in [2.24, 2.45) is 5.92 Å². The molecule has 0 radical (unpaired) electrons. The Bertz CT molecular complexity index is 114. The van der Waals surface area contributed by atoms with Crippen molar-refractivity contribution >= 4 is 0 Å². The van der Waals surface area contributed by atoms with Crippen LogP contribution >= 0.6 is 0 Å². The van der Waals surface area contributed by atoms with Crippen LogP contribution in [0.15, 0.2) is 0 Å². The van der Waals surface area contributed by atoms with Crippen LogP contribution in [0.5, 0.6) is 0 Å². The predicted octanol–water partition coefficient (Wildman–Crippen LogP) is 2.71. The van der Waals surface area contributed by atoms with Gasteiger partial charge in [-0.3, -0.25) is 0 Å². The first-order valence-corrected chi connectivity index (χ1v) is 4.95. The molecule has 0 aromatic rings. The quantitative estimate of drug-likeness (QED) is 0.592. The second-order valence-electron chi connectivity index (χ2n) is 3.58. The van der Waals surface area contributed by atoms with Crippen molar-refractivity contribution in [3.8, 4) is 0 Å². The molecule has 2 atom stereocenters. The highest BCUT2D eigenvalue weighted by atomic mass is 19.1. The average molecular weight is 175 g/mol. The molecule has 0 bridgehead atoms. The van der Waals surface area contributed by atoms with Gasteiger partial charge in [0, 0.05) is 12.6 Å². The van der Waals surface area contributed by atoms with Gasteiger partial charge in [0.05, 0.1) is 0 Å². The van der Waals surface area contributed by atoms with Gasteiger partial charge in [0.2, 0.25) is 0 Å². The molecule has 0 aromatic carbocycles. The van der Waals surface area contributed by atoms with Crippen LogP contribution in [0.3, 0.4) is 0 Å². The highest BCUT2D eigenvalue weighted by molar-refractivity contribution is 4.84. The number of nitrogens with zero attached hydrogens (tertiary/aromatic N) is 1. The largest absolute Gasteiger partial charge is 0.300 e. The van der Waals surface area contributed by atoms with E-state index in [-0.39, 0.29) is 0 Å². The highest BCUT2D eigenvalue weighted by Gasteiger charge is 2.30. The summed E-state index contributed by atoms with van der Waals surface area (Å²) in [6.07, 6.45) is 0.145. The Morgan fingerprint density at radius 1 is 1.33 bits per heavy atom. The van der Waals surface area contributed by atoms with Crippen molar-refractivity contribution in [3.05, 3.63) is 0 Å². The Balaban J connectivity index is 0.000000561.